The number of ketones is 1. The fourth-order valence-electron chi connectivity index (χ4n) is 1.53. The summed E-state index contributed by atoms with van der Waals surface area (Å²) in [7, 11) is 1.53. The lowest BCUT2D eigenvalue weighted by atomic mass is 10.1. The summed E-state index contributed by atoms with van der Waals surface area (Å²) in [4.78, 5) is 12.4. The second-order valence-electron chi connectivity index (χ2n) is 3.58. The average Bonchev–Trinajstić information content (AvgIpc) is 2.74. The smallest absolute Gasteiger partial charge is 0.281 e. The molecule has 6 heteroatoms. The van der Waals surface area contributed by atoms with Gasteiger partial charge in [-0.15, -0.1) is 10.2 Å². The Balaban J connectivity index is 2.41. The number of hydrogen-bond acceptors (Lipinski definition) is 6. The molecular formula is C12H12N2O3S. The first kappa shape index (κ1) is 12.6. The van der Waals surface area contributed by atoms with Crippen LogP contribution in [-0.2, 0) is 0 Å². The van der Waals surface area contributed by atoms with E-state index in [-0.39, 0.29) is 5.78 Å². The first-order valence-electron chi connectivity index (χ1n) is 5.27. The van der Waals surface area contributed by atoms with E-state index in [0.717, 1.165) is 4.90 Å². The van der Waals surface area contributed by atoms with E-state index in [1.165, 1.54) is 25.8 Å². The van der Waals surface area contributed by atoms with Gasteiger partial charge in [-0.3, -0.25) is 4.79 Å². The minimum absolute atomic E-state index is 0.0637. The third-order valence-electron chi connectivity index (χ3n) is 2.26. The second-order valence-corrected chi connectivity index (χ2v) is 4.57. The Morgan fingerprint density at radius 1 is 1.39 bits per heavy atom. The molecule has 1 aromatic heterocycles. The number of rotatable bonds is 4. The third-order valence-corrected chi connectivity index (χ3v) is 3.16. The van der Waals surface area contributed by atoms with Crippen LogP contribution in [0.5, 0.6) is 5.75 Å². The maximum absolute atomic E-state index is 11.7. The van der Waals surface area contributed by atoms with Crippen LogP contribution in [0, 0.1) is 6.92 Å². The van der Waals surface area contributed by atoms with Gasteiger partial charge >= 0.3 is 0 Å². The van der Waals surface area contributed by atoms with Crippen molar-refractivity contribution in [3.8, 4) is 5.75 Å². The first-order chi connectivity index (χ1) is 8.61. The van der Waals surface area contributed by atoms with Crippen LogP contribution >= 0.6 is 11.8 Å². The Labute approximate surface area is 109 Å². The van der Waals surface area contributed by atoms with Crippen molar-refractivity contribution in [1.82, 2.24) is 10.2 Å². The molecule has 0 bridgehead atoms. The number of aromatic nitrogens is 2. The number of ether oxygens (including phenoxy) is 1. The fourth-order valence-corrected chi connectivity index (χ4v) is 2.45. The largest absolute Gasteiger partial charge is 0.496 e. The lowest BCUT2D eigenvalue weighted by Crippen LogP contribution is -1.99. The van der Waals surface area contributed by atoms with Gasteiger partial charge in [-0.1, -0.05) is 6.07 Å². The number of carbonyl (C=O) groups excluding carboxylic acids is 1. The molecule has 2 rings (SSSR count). The summed E-state index contributed by atoms with van der Waals surface area (Å²) < 4.78 is 10.5. The summed E-state index contributed by atoms with van der Waals surface area (Å²) in [6.45, 7) is 3.22. The van der Waals surface area contributed by atoms with Gasteiger partial charge in [-0.25, -0.2) is 0 Å². The molecule has 0 amide bonds. The summed E-state index contributed by atoms with van der Waals surface area (Å²) in [6.07, 6.45) is 0. The maximum Gasteiger partial charge on any atom is 0.281 e. The predicted octanol–water partition coefficient (Wildman–Crippen LogP) is 2.74. The van der Waals surface area contributed by atoms with E-state index in [0.29, 0.717) is 22.4 Å². The number of hydrogen-bond donors (Lipinski definition) is 0. The Morgan fingerprint density at radius 2 is 2.17 bits per heavy atom. The molecule has 0 fully saturated rings. The van der Waals surface area contributed by atoms with Crippen molar-refractivity contribution < 1.29 is 13.9 Å². The van der Waals surface area contributed by atoms with Crippen molar-refractivity contribution in [3.05, 3.63) is 29.7 Å². The quantitative estimate of drug-likeness (QED) is 0.791. The van der Waals surface area contributed by atoms with Gasteiger partial charge in [0.05, 0.1) is 12.7 Å². The van der Waals surface area contributed by atoms with Crippen molar-refractivity contribution in [2.75, 3.05) is 7.11 Å². The normalized spacial score (nSPS) is 10.4. The van der Waals surface area contributed by atoms with Crippen molar-refractivity contribution in [2.24, 2.45) is 0 Å². The van der Waals surface area contributed by atoms with Crippen LogP contribution in [0.4, 0.5) is 0 Å². The zero-order chi connectivity index (χ0) is 13.1. The van der Waals surface area contributed by atoms with E-state index >= 15 is 0 Å². The van der Waals surface area contributed by atoms with E-state index in [4.69, 9.17) is 9.15 Å². The highest BCUT2D eigenvalue weighted by molar-refractivity contribution is 7.99. The SMILES string of the molecule is COc1cccc(Sc2nnc(C)o2)c1C(C)=O. The number of nitrogens with zero attached hydrogens (tertiary/aromatic N) is 2. The number of carbonyl (C=O) groups is 1. The average molecular weight is 264 g/mol. The summed E-state index contributed by atoms with van der Waals surface area (Å²) in [5, 5.41) is 8.04. The summed E-state index contributed by atoms with van der Waals surface area (Å²) >= 11 is 1.25. The molecule has 0 radical (unpaired) electrons. The van der Waals surface area contributed by atoms with Crippen LogP contribution in [-0.4, -0.2) is 23.1 Å². The number of aryl methyl sites for hydroxylation is 1. The van der Waals surface area contributed by atoms with E-state index in [1.807, 2.05) is 12.1 Å². The molecule has 18 heavy (non-hydrogen) atoms. The zero-order valence-electron chi connectivity index (χ0n) is 10.3. The lowest BCUT2D eigenvalue weighted by Gasteiger charge is -2.09. The van der Waals surface area contributed by atoms with Crippen LogP contribution < -0.4 is 4.74 Å². The van der Waals surface area contributed by atoms with Gasteiger partial charge in [0, 0.05) is 11.8 Å². The molecule has 94 valence electrons. The van der Waals surface area contributed by atoms with Gasteiger partial charge in [0.2, 0.25) is 5.89 Å². The second kappa shape index (κ2) is 5.22. The van der Waals surface area contributed by atoms with Gasteiger partial charge in [0.15, 0.2) is 5.78 Å². The van der Waals surface area contributed by atoms with Gasteiger partial charge in [-0.05, 0) is 30.8 Å². The third kappa shape index (κ3) is 2.53. The Hall–Kier alpha value is -1.82. The molecule has 0 N–H and O–H groups in total. The van der Waals surface area contributed by atoms with Gasteiger partial charge < -0.3 is 9.15 Å². The molecule has 0 aliphatic heterocycles. The first-order valence-corrected chi connectivity index (χ1v) is 6.09. The minimum Gasteiger partial charge on any atom is -0.496 e. The van der Waals surface area contributed by atoms with Crippen molar-refractivity contribution in [3.63, 3.8) is 0 Å². The molecule has 0 spiro atoms. The van der Waals surface area contributed by atoms with Crippen LogP contribution in [0.25, 0.3) is 0 Å². The Morgan fingerprint density at radius 3 is 2.72 bits per heavy atom. The minimum atomic E-state index is -0.0637. The predicted molar refractivity (Wildman–Crippen MR) is 66.2 cm³/mol. The highest BCUT2D eigenvalue weighted by atomic mass is 32.2. The molecule has 0 saturated heterocycles. The molecule has 0 aliphatic carbocycles. The van der Waals surface area contributed by atoms with Crippen LogP contribution in [0.3, 0.4) is 0 Å². The fraction of sp³-hybridized carbons (Fsp3) is 0.250. The molecule has 0 saturated carbocycles. The van der Waals surface area contributed by atoms with E-state index in [2.05, 4.69) is 10.2 Å². The number of Topliss-reactive ketones (excluding diaryl/α,β-unsaturated/α-hetero) is 1. The number of benzene rings is 1. The molecule has 0 atom stereocenters. The van der Waals surface area contributed by atoms with Crippen LogP contribution in [0.2, 0.25) is 0 Å². The Kier molecular flexibility index (Phi) is 3.66. The van der Waals surface area contributed by atoms with E-state index in [9.17, 15) is 4.79 Å². The van der Waals surface area contributed by atoms with Crippen molar-refractivity contribution in [2.45, 2.75) is 24.0 Å². The highest BCUT2D eigenvalue weighted by Gasteiger charge is 2.16. The molecule has 0 unspecified atom stereocenters. The van der Waals surface area contributed by atoms with Gasteiger partial charge in [0.25, 0.3) is 5.22 Å². The molecule has 2 aromatic rings. The molecule has 0 aliphatic rings. The van der Waals surface area contributed by atoms with Gasteiger partial charge in [0.1, 0.15) is 5.75 Å². The highest BCUT2D eigenvalue weighted by Crippen LogP contribution is 2.34. The molecule has 1 heterocycles. The van der Waals surface area contributed by atoms with E-state index < -0.39 is 0 Å². The van der Waals surface area contributed by atoms with Crippen LogP contribution in [0.15, 0.2) is 32.7 Å². The topological polar surface area (TPSA) is 65.2 Å². The van der Waals surface area contributed by atoms with Crippen molar-refractivity contribution in [1.29, 1.82) is 0 Å². The summed E-state index contributed by atoms with van der Waals surface area (Å²) in [6, 6.07) is 5.39. The van der Waals surface area contributed by atoms with E-state index in [1.54, 1.807) is 13.0 Å². The van der Waals surface area contributed by atoms with Crippen LogP contribution in [0.1, 0.15) is 23.2 Å². The maximum atomic E-state index is 11.7. The molecule has 5 nitrogen and oxygen atoms in total. The standard InChI is InChI=1S/C12H12N2O3S/c1-7(15)11-9(16-3)5-4-6-10(11)18-12-14-13-8(2)17-12/h4-6H,1-3H3. The Bertz CT molecular complexity index is 580. The van der Waals surface area contributed by atoms with Crippen molar-refractivity contribution >= 4 is 17.5 Å². The monoisotopic (exact) mass is 264 g/mol. The molecular weight excluding hydrogens is 252 g/mol. The number of methoxy groups -OCH3 is 1. The summed E-state index contributed by atoms with van der Waals surface area (Å²) in [5.41, 5.74) is 0.529. The summed E-state index contributed by atoms with van der Waals surface area (Å²) in [5.74, 6) is 0.972. The molecule has 1 aromatic carbocycles. The zero-order valence-corrected chi connectivity index (χ0v) is 11.1. The lowest BCUT2D eigenvalue weighted by molar-refractivity contribution is 0.101. The van der Waals surface area contributed by atoms with Gasteiger partial charge in [-0.2, -0.15) is 0 Å².